The Balaban J connectivity index is 1.79. The summed E-state index contributed by atoms with van der Waals surface area (Å²) in [6.07, 6.45) is 2.54. The maximum absolute atomic E-state index is 11.4. The van der Waals surface area contributed by atoms with E-state index in [1.54, 1.807) is 0 Å². The van der Waals surface area contributed by atoms with Gasteiger partial charge < -0.3 is 10.1 Å². The average Bonchev–Trinajstić information content (AvgIpc) is 2.54. The van der Waals surface area contributed by atoms with Crippen molar-refractivity contribution in [1.29, 1.82) is 0 Å². The van der Waals surface area contributed by atoms with Crippen LogP contribution in [0.2, 0.25) is 0 Å². The second kappa shape index (κ2) is 8.15. The fourth-order valence-electron chi connectivity index (χ4n) is 2.82. The van der Waals surface area contributed by atoms with Crippen LogP contribution in [-0.4, -0.2) is 44.2 Å². The van der Waals surface area contributed by atoms with Gasteiger partial charge in [-0.3, -0.25) is 4.90 Å². The van der Waals surface area contributed by atoms with Crippen LogP contribution in [0, 0.1) is 5.92 Å². The molecule has 0 aliphatic carbocycles. The van der Waals surface area contributed by atoms with Crippen LogP contribution in [0.3, 0.4) is 0 Å². The monoisotopic (exact) mass is 290 g/mol. The Morgan fingerprint density at radius 2 is 1.95 bits per heavy atom. The Labute approximate surface area is 127 Å². The van der Waals surface area contributed by atoms with E-state index in [1.807, 2.05) is 24.3 Å². The number of esters is 1. The lowest BCUT2D eigenvalue weighted by molar-refractivity contribution is 0.0600. The first-order chi connectivity index (χ1) is 10.2. The van der Waals surface area contributed by atoms with E-state index >= 15 is 0 Å². The Morgan fingerprint density at radius 3 is 2.52 bits per heavy atom. The molecule has 0 spiro atoms. The summed E-state index contributed by atoms with van der Waals surface area (Å²) in [5, 5.41) is 3.44. The summed E-state index contributed by atoms with van der Waals surface area (Å²) in [4.78, 5) is 13.9. The molecule has 1 N–H and O–H groups in total. The minimum absolute atomic E-state index is 0.272. The van der Waals surface area contributed by atoms with Crippen LogP contribution in [0.4, 0.5) is 0 Å². The van der Waals surface area contributed by atoms with Gasteiger partial charge in [0.15, 0.2) is 0 Å². The normalized spacial score (nSPS) is 16.9. The van der Waals surface area contributed by atoms with Gasteiger partial charge in [-0.1, -0.05) is 19.1 Å². The number of carbonyl (C=O) groups is 1. The number of benzene rings is 1. The highest BCUT2D eigenvalue weighted by molar-refractivity contribution is 5.89. The lowest BCUT2D eigenvalue weighted by Crippen LogP contribution is -2.36. The first kappa shape index (κ1) is 16.0. The molecule has 0 saturated carbocycles. The van der Waals surface area contributed by atoms with E-state index in [4.69, 9.17) is 4.74 Å². The molecular formula is C17H26N2O2. The minimum atomic E-state index is -0.272. The van der Waals surface area contributed by atoms with Gasteiger partial charge in [0.25, 0.3) is 0 Å². The number of likely N-dealkylation sites (tertiary alicyclic amines) is 1. The SMILES string of the molecule is CCNCC1CCN(Cc2ccc(C(=O)OC)cc2)CC1. The van der Waals surface area contributed by atoms with Crippen molar-refractivity contribution in [2.75, 3.05) is 33.3 Å². The van der Waals surface area contributed by atoms with Crippen molar-refractivity contribution in [3.8, 4) is 0 Å². The fourth-order valence-corrected chi connectivity index (χ4v) is 2.82. The fraction of sp³-hybridized carbons (Fsp3) is 0.588. The van der Waals surface area contributed by atoms with Crippen molar-refractivity contribution in [3.63, 3.8) is 0 Å². The molecule has 0 amide bonds. The Hall–Kier alpha value is -1.39. The topological polar surface area (TPSA) is 41.6 Å². The van der Waals surface area contributed by atoms with E-state index in [-0.39, 0.29) is 5.97 Å². The van der Waals surface area contributed by atoms with Crippen LogP contribution in [0.1, 0.15) is 35.7 Å². The predicted octanol–water partition coefficient (Wildman–Crippen LogP) is 2.29. The van der Waals surface area contributed by atoms with Gasteiger partial charge in [0.1, 0.15) is 0 Å². The quantitative estimate of drug-likeness (QED) is 0.816. The van der Waals surface area contributed by atoms with Crippen molar-refractivity contribution in [2.45, 2.75) is 26.3 Å². The van der Waals surface area contributed by atoms with Crippen molar-refractivity contribution in [3.05, 3.63) is 35.4 Å². The van der Waals surface area contributed by atoms with Gasteiger partial charge in [0.05, 0.1) is 12.7 Å². The molecule has 1 aromatic carbocycles. The summed E-state index contributed by atoms with van der Waals surface area (Å²) >= 11 is 0. The molecule has 2 rings (SSSR count). The summed E-state index contributed by atoms with van der Waals surface area (Å²) in [6, 6.07) is 7.74. The van der Waals surface area contributed by atoms with Crippen LogP contribution in [-0.2, 0) is 11.3 Å². The molecule has 1 saturated heterocycles. The number of rotatable bonds is 6. The number of carbonyl (C=O) groups excluding carboxylic acids is 1. The highest BCUT2D eigenvalue weighted by Gasteiger charge is 2.18. The molecule has 1 aliphatic rings. The molecule has 1 aliphatic heterocycles. The number of ether oxygens (including phenoxy) is 1. The summed E-state index contributed by atoms with van der Waals surface area (Å²) in [5.74, 6) is 0.550. The van der Waals surface area contributed by atoms with Gasteiger partial charge in [0, 0.05) is 6.54 Å². The lowest BCUT2D eigenvalue weighted by atomic mass is 9.96. The molecule has 1 aromatic rings. The number of hydrogen-bond acceptors (Lipinski definition) is 4. The lowest BCUT2D eigenvalue weighted by Gasteiger charge is -2.32. The number of nitrogens with one attached hydrogen (secondary N) is 1. The van der Waals surface area contributed by atoms with E-state index < -0.39 is 0 Å². The van der Waals surface area contributed by atoms with Gasteiger partial charge in [-0.15, -0.1) is 0 Å². The molecule has 0 unspecified atom stereocenters. The van der Waals surface area contributed by atoms with Crippen LogP contribution in [0.15, 0.2) is 24.3 Å². The summed E-state index contributed by atoms with van der Waals surface area (Å²) in [6.45, 7) is 7.66. The van der Waals surface area contributed by atoms with Crippen LogP contribution < -0.4 is 5.32 Å². The molecule has 0 atom stereocenters. The summed E-state index contributed by atoms with van der Waals surface area (Å²) in [5.41, 5.74) is 1.87. The number of methoxy groups -OCH3 is 1. The van der Waals surface area contributed by atoms with Gasteiger partial charge in [-0.2, -0.15) is 0 Å². The molecule has 4 nitrogen and oxygen atoms in total. The van der Waals surface area contributed by atoms with Crippen molar-refractivity contribution < 1.29 is 9.53 Å². The third kappa shape index (κ3) is 4.83. The maximum atomic E-state index is 11.4. The van der Waals surface area contributed by atoms with Gasteiger partial charge in [-0.25, -0.2) is 4.79 Å². The average molecular weight is 290 g/mol. The predicted molar refractivity (Wildman–Crippen MR) is 84.3 cm³/mol. The van der Waals surface area contributed by atoms with Gasteiger partial charge in [-0.05, 0) is 62.6 Å². The van der Waals surface area contributed by atoms with Gasteiger partial charge in [0.2, 0.25) is 0 Å². The molecular weight excluding hydrogens is 264 g/mol. The number of piperidine rings is 1. The zero-order valence-corrected chi connectivity index (χ0v) is 13.1. The second-order valence-electron chi connectivity index (χ2n) is 5.72. The van der Waals surface area contributed by atoms with Crippen LogP contribution in [0.5, 0.6) is 0 Å². The highest BCUT2D eigenvalue weighted by Crippen LogP contribution is 2.18. The molecule has 1 fully saturated rings. The standard InChI is InChI=1S/C17H26N2O2/c1-3-18-12-14-8-10-19(11-9-14)13-15-4-6-16(7-5-15)17(20)21-2/h4-7,14,18H,3,8-13H2,1-2H3. The Morgan fingerprint density at radius 1 is 1.29 bits per heavy atom. The zero-order chi connectivity index (χ0) is 15.1. The minimum Gasteiger partial charge on any atom is -0.465 e. The van der Waals surface area contributed by atoms with Crippen LogP contribution in [0.25, 0.3) is 0 Å². The highest BCUT2D eigenvalue weighted by atomic mass is 16.5. The smallest absolute Gasteiger partial charge is 0.337 e. The Kier molecular flexibility index (Phi) is 6.21. The van der Waals surface area contributed by atoms with E-state index in [9.17, 15) is 4.79 Å². The molecule has 0 aromatic heterocycles. The van der Waals surface area contributed by atoms with Crippen LogP contribution >= 0.6 is 0 Å². The number of nitrogens with zero attached hydrogens (tertiary/aromatic N) is 1. The first-order valence-corrected chi connectivity index (χ1v) is 7.83. The van der Waals surface area contributed by atoms with E-state index in [2.05, 4.69) is 17.1 Å². The molecule has 4 heteroatoms. The second-order valence-corrected chi connectivity index (χ2v) is 5.72. The molecule has 0 bridgehead atoms. The largest absolute Gasteiger partial charge is 0.465 e. The summed E-state index contributed by atoms with van der Waals surface area (Å²) in [7, 11) is 1.41. The molecule has 116 valence electrons. The third-order valence-electron chi connectivity index (χ3n) is 4.17. The van der Waals surface area contributed by atoms with E-state index in [1.165, 1.54) is 25.5 Å². The van der Waals surface area contributed by atoms with E-state index in [0.29, 0.717) is 5.56 Å². The van der Waals surface area contributed by atoms with E-state index in [0.717, 1.165) is 38.6 Å². The van der Waals surface area contributed by atoms with Crippen molar-refractivity contribution in [2.24, 2.45) is 5.92 Å². The molecule has 1 heterocycles. The van der Waals surface area contributed by atoms with Crippen molar-refractivity contribution >= 4 is 5.97 Å². The Bertz CT molecular complexity index is 437. The zero-order valence-electron chi connectivity index (χ0n) is 13.1. The molecule has 0 radical (unpaired) electrons. The maximum Gasteiger partial charge on any atom is 0.337 e. The first-order valence-electron chi connectivity index (χ1n) is 7.83. The third-order valence-corrected chi connectivity index (χ3v) is 4.17. The van der Waals surface area contributed by atoms with Crippen molar-refractivity contribution in [1.82, 2.24) is 10.2 Å². The molecule has 21 heavy (non-hydrogen) atoms. The van der Waals surface area contributed by atoms with Gasteiger partial charge >= 0.3 is 5.97 Å². The summed E-state index contributed by atoms with van der Waals surface area (Å²) < 4.78 is 4.71. The number of hydrogen-bond donors (Lipinski definition) is 1.